The number of piperidine rings is 1. The molecule has 2 heterocycles. The van der Waals surface area contributed by atoms with E-state index in [2.05, 4.69) is 10.2 Å². The molecule has 0 unspecified atom stereocenters. The molecule has 7 heteroatoms. The molecule has 1 aromatic rings. The zero-order valence-electron chi connectivity index (χ0n) is 15.9. The molecule has 1 amide bonds. The Kier molecular flexibility index (Phi) is 6.68. The third kappa shape index (κ3) is 5.68. The summed E-state index contributed by atoms with van der Waals surface area (Å²) in [5, 5.41) is 3.07. The minimum atomic E-state index is -0.216. The number of benzene rings is 1. The number of carbonyl (C=O) groups is 2. The maximum Gasteiger partial charge on any atom is 0.302 e. The summed E-state index contributed by atoms with van der Waals surface area (Å²) in [5.41, 5.74) is 8.14. The van der Waals surface area contributed by atoms with Crippen LogP contribution < -0.4 is 11.1 Å². The second-order valence-electron chi connectivity index (χ2n) is 7.37. The van der Waals surface area contributed by atoms with E-state index in [0.717, 1.165) is 50.9 Å². The second kappa shape index (κ2) is 9.19. The Morgan fingerprint density at radius 2 is 1.93 bits per heavy atom. The Labute approximate surface area is 160 Å². The van der Waals surface area contributed by atoms with Gasteiger partial charge in [-0.2, -0.15) is 0 Å². The van der Waals surface area contributed by atoms with E-state index in [1.54, 1.807) is 6.07 Å². The van der Waals surface area contributed by atoms with Gasteiger partial charge in [0.1, 0.15) is 6.10 Å². The van der Waals surface area contributed by atoms with Crippen molar-refractivity contribution in [3.05, 3.63) is 29.3 Å². The van der Waals surface area contributed by atoms with Gasteiger partial charge in [-0.3, -0.25) is 14.5 Å². The number of hydrogen-bond acceptors (Lipinski definition) is 6. The van der Waals surface area contributed by atoms with Crippen LogP contribution in [0.4, 0.5) is 5.69 Å². The molecule has 2 aliphatic heterocycles. The highest BCUT2D eigenvalue weighted by Gasteiger charge is 2.22. The molecule has 27 heavy (non-hydrogen) atoms. The highest BCUT2D eigenvalue weighted by Crippen LogP contribution is 2.20. The summed E-state index contributed by atoms with van der Waals surface area (Å²) < 4.78 is 10.6. The molecule has 7 nitrogen and oxygen atoms in total. The lowest BCUT2D eigenvalue weighted by molar-refractivity contribution is -0.148. The van der Waals surface area contributed by atoms with Gasteiger partial charge in [0.15, 0.2) is 0 Å². The van der Waals surface area contributed by atoms with Crippen molar-refractivity contribution in [2.75, 3.05) is 32.0 Å². The average molecular weight is 375 g/mol. The fraction of sp³-hybridized carbons (Fsp3) is 0.600. The number of carbonyl (C=O) groups excluding carboxylic acids is 2. The van der Waals surface area contributed by atoms with Gasteiger partial charge >= 0.3 is 5.97 Å². The first-order chi connectivity index (χ1) is 13.0. The van der Waals surface area contributed by atoms with Gasteiger partial charge in [-0.05, 0) is 43.4 Å². The normalized spacial score (nSPS) is 19.6. The molecule has 3 rings (SSSR count). The molecule has 0 radical (unpaired) electrons. The number of nitrogens with two attached hydrogens (primary N) is 1. The molecule has 148 valence electrons. The highest BCUT2D eigenvalue weighted by atomic mass is 16.5. The lowest BCUT2D eigenvalue weighted by atomic mass is 10.0. The SMILES string of the molecule is CC(=O)OC1CCN(Cc2ccc(N)c(C(=O)NC3CCOCC3)c2)CC1. The van der Waals surface area contributed by atoms with Crippen LogP contribution >= 0.6 is 0 Å². The van der Waals surface area contributed by atoms with E-state index in [4.69, 9.17) is 15.2 Å². The smallest absolute Gasteiger partial charge is 0.302 e. The number of nitrogens with one attached hydrogen (secondary N) is 1. The summed E-state index contributed by atoms with van der Waals surface area (Å²) >= 11 is 0. The number of anilines is 1. The summed E-state index contributed by atoms with van der Waals surface area (Å²) in [4.78, 5) is 26.0. The Morgan fingerprint density at radius 1 is 1.22 bits per heavy atom. The van der Waals surface area contributed by atoms with Crippen LogP contribution in [0.15, 0.2) is 18.2 Å². The molecule has 3 N–H and O–H groups in total. The van der Waals surface area contributed by atoms with Crippen molar-refractivity contribution in [2.45, 2.75) is 51.3 Å². The number of likely N-dealkylation sites (tertiary alicyclic amines) is 1. The van der Waals surface area contributed by atoms with Crippen LogP contribution in [-0.2, 0) is 20.8 Å². The van der Waals surface area contributed by atoms with E-state index in [1.165, 1.54) is 6.92 Å². The van der Waals surface area contributed by atoms with Crippen LogP contribution in [0.25, 0.3) is 0 Å². The number of rotatable bonds is 5. The molecule has 0 aliphatic carbocycles. The molecule has 0 bridgehead atoms. The number of nitrogen functional groups attached to an aromatic ring is 1. The van der Waals surface area contributed by atoms with Crippen LogP contribution in [0, 0.1) is 0 Å². The van der Waals surface area contributed by atoms with E-state index in [1.807, 2.05) is 12.1 Å². The van der Waals surface area contributed by atoms with Crippen molar-refractivity contribution >= 4 is 17.6 Å². The summed E-state index contributed by atoms with van der Waals surface area (Å²) in [5.74, 6) is -0.331. The average Bonchev–Trinajstić information content (AvgIpc) is 2.65. The summed E-state index contributed by atoms with van der Waals surface area (Å²) in [6, 6.07) is 5.82. The Bertz CT molecular complexity index is 665. The molecule has 0 saturated carbocycles. The van der Waals surface area contributed by atoms with Crippen LogP contribution in [-0.4, -0.2) is 55.2 Å². The zero-order chi connectivity index (χ0) is 19.2. The number of hydrogen-bond donors (Lipinski definition) is 2. The molecule has 0 spiro atoms. The fourth-order valence-electron chi connectivity index (χ4n) is 3.68. The van der Waals surface area contributed by atoms with Crippen LogP contribution in [0.2, 0.25) is 0 Å². The first-order valence-corrected chi connectivity index (χ1v) is 9.68. The number of ether oxygens (including phenoxy) is 2. The largest absolute Gasteiger partial charge is 0.462 e. The molecule has 0 atom stereocenters. The van der Waals surface area contributed by atoms with Gasteiger partial charge in [-0.25, -0.2) is 0 Å². The number of esters is 1. The van der Waals surface area contributed by atoms with Crippen molar-refractivity contribution in [3.63, 3.8) is 0 Å². The fourth-order valence-corrected chi connectivity index (χ4v) is 3.68. The van der Waals surface area contributed by atoms with Gasteiger partial charge in [0.2, 0.25) is 0 Å². The van der Waals surface area contributed by atoms with Crippen LogP contribution in [0.1, 0.15) is 48.5 Å². The second-order valence-corrected chi connectivity index (χ2v) is 7.37. The van der Waals surface area contributed by atoms with Gasteiger partial charge in [-0.1, -0.05) is 6.07 Å². The molecule has 0 aromatic heterocycles. The zero-order valence-corrected chi connectivity index (χ0v) is 15.9. The lowest BCUT2D eigenvalue weighted by Gasteiger charge is -2.31. The predicted octanol–water partition coefficient (Wildman–Crippen LogP) is 1.71. The first-order valence-electron chi connectivity index (χ1n) is 9.68. The quantitative estimate of drug-likeness (QED) is 0.601. The van der Waals surface area contributed by atoms with Gasteiger partial charge in [0.25, 0.3) is 5.91 Å². The first kappa shape index (κ1) is 19.6. The van der Waals surface area contributed by atoms with Crippen molar-refractivity contribution in [2.24, 2.45) is 0 Å². The molecule has 1 aromatic carbocycles. The van der Waals surface area contributed by atoms with Gasteiger partial charge in [0.05, 0.1) is 5.56 Å². The molecular formula is C20H29N3O4. The summed E-state index contributed by atoms with van der Waals surface area (Å²) in [6.07, 6.45) is 3.37. The third-order valence-corrected chi connectivity index (χ3v) is 5.19. The molecule has 2 aliphatic rings. The van der Waals surface area contributed by atoms with E-state index in [9.17, 15) is 9.59 Å². The Morgan fingerprint density at radius 3 is 2.59 bits per heavy atom. The van der Waals surface area contributed by atoms with Crippen molar-refractivity contribution in [1.82, 2.24) is 10.2 Å². The van der Waals surface area contributed by atoms with E-state index >= 15 is 0 Å². The lowest BCUT2D eigenvalue weighted by Crippen LogP contribution is -2.39. The van der Waals surface area contributed by atoms with Crippen molar-refractivity contribution < 1.29 is 19.1 Å². The molecule has 2 saturated heterocycles. The predicted molar refractivity (Wildman–Crippen MR) is 102 cm³/mol. The van der Waals surface area contributed by atoms with Crippen LogP contribution in [0.5, 0.6) is 0 Å². The Balaban J connectivity index is 1.56. The standard InChI is InChI=1S/C20H29N3O4/c1-14(24)27-17-4-8-23(9-5-17)13-15-2-3-19(21)18(12-15)20(25)22-16-6-10-26-11-7-16/h2-3,12,16-17H,4-11,13,21H2,1H3,(H,22,25). The molecular weight excluding hydrogens is 346 g/mol. The minimum absolute atomic E-state index is 0.0194. The van der Waals surface area contributed by atoms with E-state index in [0.29, 0.717) is 24.5 Å². The van der Waals surface area contributed by atoms with E-state index in [-0.39, 0.29) is 24.0 Å². The summed E-state index contributed by atoms with van der Waals surface area (Å²) in [6.45, 7) is 5.31. The summed E-state index contributed by atoms with van der Waals surface area (Å²) in [7, 11) is 0. The highest BCUT2D eigenvalue weighted by molar-refractivity contribution is 5.99. The number of amides is 1. The van der Waals surface area contributed by atoms with E-state index < -0.39 is 0 Å². The van der Waals surface area contributed by atoms with Gasteiger partial charge in [-0.15, -0.1) is 0 Å². The maximum absolute atomic E-state index is 12.6. The van der Waals surface area contributed by atoms with Crippen molar-refractivity contribution in [1.29, 1.82) is 0 Å². The maximum atomic E-state index is 12.6. The Hall–Kier alpha value is -2.12. The monoisotopic (exact) mass is 375 g/mol. The van der Waals surface area contributed by atoms with Crippen molar-refractivity contribution in [3.8, 4) is 0 Å². The van der Waals surface area contributed by atoms with Gasteiger partial charge < -0.3 is 20.5 Å². The molecule has 2 fully saturated rings. The van der Waals surface area contributed by atoms with Crippen LogP contribution in [0.3, 0.4) is 0 Å². The van der Waals surface area contributed by atoms with Gasteiger partial charge in [0, 0.05) is 51.5 Å². The minimum Gasteiger partial charge on any atom is -0.462 e. The third-order valence-electron chi connectivity index (χ3n) is 5.19. The topological polar surface area (TPSA) is 93.9 Å². The number of nitrogens with zero attached hydrogens (tertiary/aromatic N) is 1.